The van der Waals surface area contributed by atoms with E-state index >= 15 is 0 Å². The number of hydrogen-bond donors (Lipinski definition) is 2. The van der Waals surface area contributed by atoms with Crippen molar-refractivity contribution in [3.8, 4) is 0 Å². The van der Waals surface area contributed by atoms with Crippen LogP contribution in [0, 0.1) is 0 Å². The molecule has 0 saturated carbocycles. The van der Waals surface area contributed by atoms with Gasteiger partial charge in [0.1, 0.15) is 5.60 Å². The number of aliphatic hydroxyl groups is 1. The number of carbonyl (C=O) groups excluding carboxylic acids is 1. The number of hydrogen-bond acceptors (Lipinski definition) is 3. The van der Waals surface area contributed by atoms with Crippen molar-refractivity contribution in [3.05, 3.63) is 24.3 Å². The van der Waals surface area contributed by atoms with Gasteiger partial charge in [-0.3, -0.25) is 4.79 Å². The largest absolute Gasteiger partial charge is 0.381 e. The SMILES string of the molecule is CC(C)Sc1ccc(NC(=O)C(C)(C)O)cc1. The summed E-state index contributed by atoms with van der Waals surface area (Å²) in [6.07, 6.45) is 0. The molecular formula is C13H19NO2S. The predicted molar refractivity (Wildman–Crippen MR) is 72.4 cm³/mol. The molecule has 1 rings (SSSR count). The Morgan fingerprint density at radius 1 is 1.29 bits per heavy atom. The Bertz CT molecular complexity index is 379. The van der Waals surface area contributed by atoms with E-state index in [-0.39, 0.29) is 0 Å². The van der Waals surface area contributed by atoms with Crippen LogP contribution in [0.2, 0.25) is 0 Å². The van der Waals surface area contributed by atoms with Crippen molar-refractivity contribution in [1.29, 1.82) is 0 Å². The smallest absolute Gasteiger partial charge is 0.255 e. The van der Waals surface area contributed by atoms with Gasteiger partial charge in [-0.25, -0.2) is 0 Å². The van der Waals surface area contributed by atoms with Crippen molar-refractivity contribution in [2.75, 3.05) is 5.32 Å². The number of carbonyl (C=O) groups is 1. The van der Waals surface area contributed by atoms with Gasteiger partial charge in [0.15, 0.2) is 0 Å². The van der Waals surface area contributed by atoms with Gasteiger partial charge in [-0.2, -0.15) is 0 Å². The van der Waals surface area contributed by atoms with E-state index in [4.69, 9.17) is 0 Å². The molecule has 3 nitrogen and oxygen atoms in total. The van der Waals surface area contributed by atoms with Crippen molar-refractivity contribution < 1.29 is 9.90 Å². The molecule has 0 bridgehead atoms. The van der Waals surface area contributed by atoms with Crippen LogP contribution in [-0.2, 0) is 4.79 Å². The van der Waals surface area contributed by atoms with Crippen LogP contribution in [0.25, 0.3) is 0 Å². The fourth-order valence-electron chi connectivity index (χ4n) is 1.17. The van der Waals surface area contributed by atoms with Crippen LogP contribution < -0.4 is 5.32 Å². The van der Waals surface area contributed by atoms with Crippen molar-refractivity contribution in [1.82, 2.24) is 0 Å². The van der Waals surface area contributed by atoms with Gasteiger partial charge in [-0.05, 0) is 38.1 Å². The average molecular weight is 253 g/mol. The van der Waals surface area contributed by atoms with Crippen LogP contribution in [0.4, 0.5) is 5.69 Å². The van der Waals surface area contributed by atoms with E-state index < -0.39 is 11.5 Å². The summed E-state index contributed by atoms with van der Waals surface area (Å²) >= 11 is 1.77. The highest BCUT2D eigenvalue weighted by Crippen LogP contribution is 2.24. The Labute approximate surface area is 107 Å². The maximum atomic E-state index is 11.5. The molecule has 0 aliphatic carbocycles. The van der Waals surface area contributed by atoms with Crippen molar-refractivity contribution in [2.24, 2.45) is 0 Å². The molecule has 0 aliphatic heterocycles. The molecule has 0 spiro atoms. The van der Waals surface area contributed by atoms with E-state index in [0.717, 1.165) is 0 Å². The summed E-state index contributed by atoms with van der Waals surface area (Å²) in [5.41, 5.74) is -0.657. The van der Waals surface area contributed by atoms with E-state index in [1.165, 1.54) is 18.7 Å². The minimum Gasteiger partial charge on any atom is -0.381 e. The molecule has 0 atom stereocenters. The maximum Gasteiger partial charge on any atom is 0.255 e. The number of rotatable bonds is 4. The highest BCUT2D eigenvalue weighted by Gasteiger charge is 2.23. The Hall–Kier alpha value is -1.00. The highest BCUT2D eigenvalue weighted by molar-refractivity contribution is 7.99. The molecule has 2 N–H and O–H groups in total. The quantitative estimate of drug-likeness (QED) is 0.811. The van der Waals surface area contributed by atoms with Crippen LogP contribution >= 0.6 is 11.8 Å². The lowest BCUT2D eigenvalue weighted by Gasteiger charge is -2.16. The summed E-state index contributed by atoms with van der Waals surface area (Å²) in [5.74, 6) is -0.401. The molecule has 1 aromatic rings. The van der Waals surface area contributed by atoms with Crippen molar-refractivity contribution in [2.45, 2.75) is 43.4 Å². The summed E-state index contributed by atoms with van der Waals surface area (Å²) in [4.78, 5) is 12.7. The molecular weight excluding hydrogens is 234 g/mol. The van der Waals surface area contributed by atoms with E-state index in [9.17, 15) is 9.90 Å². The first-order valence-corrected chi connectivity index (χ1v) is 6.47. The zero-order chi connectivity index (χ0) is 13.1. The highest BCUT2D eigenvalue weighted by atomic mass is 32.2. The van der Waals surface area contributed by atoms with Crippen molar-refractivity contribution in [3.63, 3.8) is 0 Å². The zero-order valence-electron chi connectivity index (χ0n) is 10.7. The lowest BCUT2D eigenvalue weighted by atomic mass is 10.1. The molecule has 0 unspecified atom stereocenters. The topological polar surface area (TPSA) is 49.3 Å². The zero-order valence-corrected chi connectivity index (χ0v) is 11.5. The first-order chi connectivity index (χ1) is 7.79. The first-order valence-electron chi connectivity index (χ1n) is 5.59. The molecule has 0 aromatic heterocycles. The summed E-state index contributed by atoms with van der Waals surface area (Å²) in [5, 5.41) is 12.7. The lowest BCUT2D eigenvalue weighted by molar-refractivity contribution is -0.130. The Morgan fingerprint density at radius 3 is 2.24 bits per heavy atom. The second kappa shape index (κ2) is 5.56. The minimum atomic E-state index is -1.36. The van der Waals surface area contributed by atoms with Gasteiger partial charge in [0.2, 0.25) is 0 Å². The molecule has 17 heavy (non-hydrogen) atoms. The van der Waals surface area contributed by atoms with Gasteiger partial charge in [0.25, 0.3) is 5.91 Å². The van der Waals surface area contributed by atoms with Crippen LogP contribution in [-0.4, -0.2) is 21.9 Å². The molecule has 0 aliphatic rings. The van der Waals surface area contributed by atoms with Gasteiger partial charge in [0, 0.05) is 15.8 Å². The van der Waals surface area contributed by atoms with Gasteiger partial charge >= 0.3 is 0 Å². The van der Waals surface area contributed by atoms with E-state index in [1.54, 1.807) is 11.8 Å². The molecule has 4 heteroatoms. The number of benzene rings is 1. The average Bonchev–Trinajstić information content (AvgIpc) is 2.18. The molecule has 0 radical (unpaired) electrons. The third-order valence-corrected chi connectivity index (χ3v) is 3.06. The monoisotopic (exact) mass is 253 g/mol. The van der Waals surface area contributed by atoms with Crippen molar-refractivity contribution >= 4 is 23.4 Å². The summed E-state index contributed by atoms with van der Waals surface area (Å²) in [6.45, 7) is 7.19. The summed E-state index contributed by atoms with van der Waals surface area (Å²) in [7, 11) is 0. The Balaban J connectivity index is 2.66. The van der Waals surface area contributed by atoms with Crippen LogP contribution in [0.1, 0.15) is 27.7 Å². The van der Waals surface area contributed by atoms with Gasteiger partial charge < -0.3 is 10.4 Å². The Kier molecular flexibility index (Phi) is 4.60. The number of nitrogens with one attached hydrogen (secondary N) is 1. The molecule has 0 fully saturated rings. The van der Waals surface area contributed by atoms with Gasteiger partial charge in [0.05, 0.1) is 0 Å². The van der Waals surface area contributed by atoms with E-state index in [1.807, 2.05) is 24.3 Å². The van der Waals surface area contributed by atoms with Gasteiger partial charge in [-0.1, -0.05) is 13.8 Å². The maximum absolute atomic E-state index is 11.5. The second-order valence-corrected chi connectivity index (χ2v) is 6.35. The normalized spacial score (nSPS) is 11.6. The molecule has 0 heterocycles. The molecule has 0 saturated heterocycles. The number of anilines is 1. The lowest BCUT2D eigenvalue weighted by Crippen LogP contribution is -2.36. The minimum absolute atomic E-state index is 0.401. The molecule has 1 aromatic carbocycles. The first kappa shape index (κ1) is 14.1. The van der Waals surface area contributed by atoms with Gasteiger partial charge in [-0.15, -0.1) is 11.8 Å². The van der Waals surface area contributed by atoms with E-state index in [0.29, 0.717) is 10.9 Å². The number of thioether (sulfide) groups is 1. The second-order valence-electron chi connectivity index (χ2n) is 4.70. The van der Waals surface area contributed by atoms with Crippen LogP contribution in [0.15, 0.2) is 29.2 Å². The summed E-state index contributed by atoms with van der Waals surface area (Å²) in [6, 6.07) is 7.61. The molecule has 1 amide bonds. The predicted octanol–water partition coefficient (Wildman–Crippen LogP) is 2.90. The third kappa shape index (κ3) is 4.79. The van der Waals surface area contributed by atoms with E-state index in [2.05, 4.69) is 19.2 Å². The molecule has 94 valence electrons. The standard InChI is InChI=1S/C13H19NO2S/c1-9(2)17-11-7-5-10(6-8-11)14-12(15)13(3,4)16/h5-9,16H,1-4H3,(H,14,15). The third-order valence-electron chi connectivity index (χ3n) is 2.04. The van der Waals surface area contributed by atoms with Crippen LogP contribution in [0.5, 0.6) is 0 Å². The summed E-state index contributed by atoms with van der Waals surface area (Å²) < 4.78 is 0. The fourth-order valence-corrected chi connectivity index (χ4v) is 2.01. The Morgan fingerprint density at radius 2 is 1.82 bits per heavy atom. The number of amides is 1. The van der Waals surface area contributed by atoms with Crippen LogP contribution in [0.3, 0.4) is 0 Å². The fraction of sp³-hybridized carbons (Fsp3) is 0.462.